The van der Waals surface area contributed by atoms with Crippen LogP contribution in [0.3, 0.4) is 0 Å². The third kappa shape index (κ3) is 4.75. The molecule has 17 heavy (non-hydrogen) atoms. The lowest BCUT2D eigenvalue weighted by atomic mass is 9.87. The van der Waals surface area contributed by atoms with Gasteiger partial charge in [-0.3, -0.25) is 9.59 Å². The van der Waals surface area contributed by atoms with E-state index in [2.05, 4.69) is 5.32 Å². The van der Waals surface area contributed by atoms with E-state index in [-0.39, 0.29) is 5.91 Å². The number of carbonyl (C=O) groups excluding carboxylic acids is 1. The van der Waals surface area contributed by atoms with Gasteiger partial charge < -0.3 is 10.4 Å². The Kier molecular flexibility index (Phi) is 6.01. The summed E-state index contributed by atoms with van der Waals surface area (Å²) in [6.07, 6.45) is 7.78. The van der Waals surface area contributed by atoms with Gasteiger partial charge in [-0.25, -0.2) is 0 Å². The average molecular weight is 241 g/mol. The zero-order valence-corrected chi connectivity index (χ0v) is 10.6. The van der Waals surface area contributed by atoms with E-state index in [1.165, 1.54) is 32.1 Å². The molecule has 4 nitrogen and oxygen atoms in total. The molecule has 1 aliphatic carbocycles. The molecule has 0 aromatic heterocycles. The van der Waals surface area contributed by atoms with Crippen LogP contribution in [-0.2, 0) is 9.59 Å². The molecular formula is C13H23NO3. The molecule has 0 bridgehead atoms. The molecule has 0 aliphatic heterocycles. The molecule has 1 amide bonds. The number of rotatable bonds is 6. The molecule has 4 heteroatoms. The molecule has 0 heterocycles. The van der Waals surface area contributed by atoms with Gasteiger partial charge in [-0.15, -0.1) is 0 Å². The Morgan fingerprint density at radius 2 is 1.94 bits per heavy atom. The molecular weight excluding hydrogens is 218 g/mol. The van der Waals surface area contributed by atoms with Gasteiger partial charge in [0.05, 0.1) is 0 Å². The van der Waals surface area contributed by atoms with Crippen LogP contribution in [0, 0.1) is 11.8 Å². The molecule has 0 saturated heterocycles. The van der Waals surface area contributed by atoms with Crippen LogP contribution in [0.4, 0.5) is 0 Å². The maximum atomic E-state index is 11.6. The van der Waals surface area contributed by atoms with Gasteiger partial charge in [0, 0.05) is 6.54 Å². The predicted octanol–water partition coefficient (Wildman–Crippen LogP) is 2.18. The Hall–Kier alpha value is -1.06. The number of carbonyl (C=O) groups is 2. The highest BCUT2D eigenvalue weighted by molar-refractivity contribution is 5.96. The van der Waals surface area contributed by atoms with E-state index in [1.54, 1.807) is 6.92 Å². The summed E-state index contributed by atoms with van der Waals surface area (Å²) >= 11 is 0. The summed E-state index contributed by atoms with van der Waals surface area (Å²) in [5.41, 5.74) is 0. The Morgan fingerprint density at radius 1 is 1.29 bits per heavy atom. The lowest BCUT2D eigenvalue weighted by Gasteiger charge is -2.21. The summed E-state index contributed by atoms with van der Waals surface area (Å²) in [4.78, 5) is 22.3. The van der Waals surface area contributed by atoms with E-state index in [9.17, 15) is 9.59 Å². The summed E-state index contributed by atoms with van der Waals surface area (Å²) in [6.45, 7) is 2.34. The van der Waals surface area contributed by atoms with Crippen molar-refractivity contribution in [1.29, 1.82) is 0 Å². The van der Waals surface area contributed by atoms with Gasteiger partial charge in [0.1, 0.15) is 5.92 Å². The first-order chi connectivity index (χ1) is 8.15. The summed E-state index contributed by atoms with van der Waals surface area (Å²) in [5.74, 6) is -1.53. The molecule has 1 aliphatic rings. The molecule has 1 unspecified atom stereocenters. The zero-order valence-electron chi connectivity index (χ0n) is 10.6. The summed E-state index contributed by atoms with van der Waals surface area (Å²) in [6, 6.07) is 0. The quantitative estimate of drug-likeness (QED) is 0.700. The van der Waals surface area contributed by atoms with Crippen LogP contribution >= 0.6 is 0 Å². The van der Waals surface area contributed by atoms with Gasteiger partial charge in [-0.1, -0.05) is 39.0 Å². The highest BCUT2D eigenvalue weighted by Crippen LogP contribution is 2.25. The second kappa shape index (κ2) is 7.30. The number of carboxylic acids is 1. The number of carboxylic acid groups (broad SMARTS) is 1. The fourth-order valence-electron chi connectivity index (χ4n) is 2.47. The smallest absolute Gasteiger partial charge is 0.316 e. The summed E-state index contributed by atoms with van der Waals surface area (Å²) < 4.78 is 0. The van der Waals surface area contributed by atoms with E-state index >= 15 is 0 Å². The summed E-state index contributed by atoms with van der Waals surface area (Å²) in [7, 11) is 0. The van der Waals surface area contributed by atoms with Crippen LogP contribution in [0.1, 0.15) is 51.9 Å². The first-order valence-electron chi connectivity index (χ1n) is 6.65. The van der Waals surface area contributed by atoms with Crippen LogP contribution < -0.4 is 5.32 Å². The standard InChI is InChI=1S/C13H23NO3/c1-2-11(13(16)17)12(15)14-9-8-10-6-4-3-5-7-10/h10-11H,2-9H2,1H3,(H,14,15)(H,16,17). The minimum absolute atomic E-state index is 0.337. The van der Waals surface area contributed by atoms with Crippen LogP contribution in [0.25, 0.3) is 0 Å². The lowest BCUT2D eigenvalue weighted by Crippen LogP contribution is -2.36. The monoisotopic (exact) mass is 241 g/mol. The maximum Gasteiger partial charge on any atom is 0.316 e. The number of amides is 1. The molecule has 1 fully saturated rings. The molecule has 0 spiro atoms. The van der Waals surface area contributed by atoms with Crippen LogP contribution in [0.5, 0.6) is 0 Å². The average Bonchev–Trinajstić information content (AvgIpc) is 2.30. The molecule has 2 N–H and O–H groups in total. The normalized spacial score (nSPS) is 18.6. The predicted molar refractivity (Wildman–Crippen MR) is 65.6 cm³/mol. The second-order valence-electron chi connectivity index (χ2n) is 4.88. The maximum absolute atomic E-state index is 11.6. The van der Waals surface area contributed by atoms with Crippen molar-refractivity contribution in [3.8, 4) is 0 Å². The van der Waals surface area contributed by atoms with Crippen molar-refractivity contribution in [1.82, 2.24) is 5.32 Å². The Morgan fingerprint density at radius 3 is 2.47 bits per heavy atom. The molecule has 0 radical (unpaired) electrons. The van der Waals surface area contributed by atoms with Gasteiger partial charge in [0.2, 0.25) is 5.91 Å². The molecule has 98 valence electrons. The molecule has 0 aromatic carbocycles. The highest BCUT2D eigenvalue weighted by Gasteiger charge is 2.23. The highest BCUT2D eigenvalue weighted by atomic mass is 16.4. The van der Waals surface area contributed by atoms with Crippen molar-refractivity contribution in [2.75, 3.05) is 6.54 Å². The van der Waals surface area contributed by atoms with Gasteiger partial charge in [0.25, 0.3) is 0 Å². The minimum atomic E-state index is -1.03. The SMILES string of the molecule is CCC(C(=O)O)C(=O)NCCC1CCCCC1. The van der Waals surface area contributed by atoms with Gasteiger partial charge in [-0.2, -0.15) is 0 Å². The Bertz CT molecular complexity index is 259. The van der Waals surface area contributed by atoms with Crippen molar-refractivity contribution in [3.05, 3.63) is 0 Å². The molecule has 1 atom stereocenters. The van der Waals surface area contributed by atoms with Crippen molar-refractivity contribution >= 4 is 11.9 Å². The van der Waals surface area contributed by atoms with Crippen LogP contribution in [0.2, 0.25) is 0 Å². The van der Waals surface area contributed by atoms with Gasteiger partial charge in [-0.05, 0) is 18.8 Å². The van der Waals surface area contributed by atoms with E-state index in [0.29, 0.717) is 18.9 Å². The minimum Gasteiger partial charge on any atom is -0.481 e. The fourth-order valence-corrected chi connectivity index (χ4v) is 2.47. The lowest BCUT2D eigenvalue weighted by molar-refractivity contribution is -0.147. The number of hydrogen-bond acceptors (Lipinski definition) is 2. The van der Waals surface area contributed by atoms with E-state index in [1.807, 2.05) is 0 Å². The summed E-state index contributed by atoms with van der Waals surface area (Å²) in [5, 5.41) is 11.6. The van der Waals surface area contributed by atoms with Crippen molar-refractivity contribution < 1.29 is 14.7 Å². The first kappa shape index (κ1) is 14.0. The van der Waals surface area contributed by atoms with Crippen LogP contribution in [0.15, 0.2) is 0 Å². The molecule has 1 saturated carbocycles. The third-order valence-electron chi connectivity index (χ3n) is 3.60. The molecule has 0 aromatic rings. The van der Waals surface area contributed by atoms with E-state index in [0.717, 1.165) is 6.42 Å². The molecule has 1 rings (SSSR count). The van der Waals surface area contributed by atoms with Crippen LogP contribution in [-0.4, -0.2) is 23.5 Å². The van der Waals surface area contributed by atoms with Gasteiger partial charge >= 0.3 is 5.97 Å². The number of hydrogen-bond donors (Lipinski definition) is 2. The van der Waals surface area contributed by atoms with Crippen molar-refractivity contribution in [2.45, 2.75) is 51.9 Å². The largest absolute Gasteiger partial charge is 0.481 e. The number of nitrogens with one attached hydrogen (secondary N) is 1. The Balaban J connectivity index is 2.20. The first-order valence-corrected chi connectivity index (χ1v) is 6.65. The number of aliphatic carboxylic acids is 1. The van der Waals surface area contributed by atoms with E-state index < -0.39 is 11.9 Å². The van der Waals surface area contributed by atoms with Crippen molar-refractivity contribution in [2.24, 2.45) is 11.8 Å². The third-order valence-corrected chi connectivity index (χ3v) is 3.60. The fraction of sp³-hybridized carbons (Fsp3) is 0.846. The zero-order chi connectivity index (χ0) is 12.7. The topological polar surface area (TPSA) is 66.4 Å². The second-order valence-corrected chi connectivity index (χ2v) is 4.88. The van der Waals surface area contributed by atoms with E-state index in [4.69, 9.17) is 5.11 Å². The van der Waals surface area contributed by atoms with Crippen molar-refractivity contribution in [3.63, 3.8) is 0 Å². The Labute approximate surface area is 103 Å². The van der Waals surface area contributed by atoms with Gasteiger partial charge in [0.15, 0.2) is 0 Å².